The van der Waals surface area contributed by atoms with Gasteiger partial charge in [0, 0.05) is 12.0 Å². The second kappa shape index (κ2) is 5.66. The minimum Gasteiger partial charge on any atom is -0.478 e. The smallest absolute Gasteiger partial charge is 0.346 e. The van der Waals surface area contributed by atoms with Crippen LogP contribution in [0.15, 0.2) is 36.4 Å². The van der Waals surface area contributed by atoms with Crippen molar-refractivity contribution in [2.24, 2.45) is 0 Å². The first-order chi connectivity index (χ1) is 9.49. The van der Waals surface area contributed by atoms with Gasteiger partial charge in [-0.3, -0.25) is 0 Å². The van der Waals surface area contributed by atoms with E-state index >= 15 is 0 Å². The van der Waals surface area contributed by atoms with Gasteiger partial charge in [-0.2, -0.15) is 0 Å². The highest BCUT2D eigenvalue weighted by Crippen LogP contribution is 2.19. The van der Waals surface area contributed by atoms with Crippen LogP contribution in [0.1, 0.15) is 27.1 Å². The zero-order valence-electron chi connectivity index (χ0n) is 10.5. The van der Waals surface area contributed by atoms with Crippen molar-refractivity contribution in [1.29, 1.82) is 0 Å². The molecule has 0 amide bonds. The van der Waals surface area contributed by atoms with Crippen molar-refractivity contribution in [1.82, 2.24) is 0 Å². The third kappa shape index (κ3) is 3.30. The monoisotopic (exact) mass is 276 g/mol. The Balaban J connectivity index is 2.06. The molecule has 1 aromatic rings. The lowest BCUT2D eigenvalue weighted by Gasteiger charge is -2.06. The van der Waals surface area contributed by atoms with Crippen molar-refractivity contribution < 1.29 is 29.0 Å². The van der Waals surface area contributed by atoms with Crippen molar-refractivity contribution in [2.45, 2.75) is 12.5 Å². The lowest BCUT2D eigenvalue weighted by molar-refractivity contribution is -0.133. The van der Waals surface area contributed by atoms with Crippen LogP contribution in [0.4, 0.5) is 0 Å². The molecule has 0 bridgehead atoms. The number of ether oxygens (including phenoxy) is 2. The Morgan fingerprint density at radius 2 is 1.90 bits per heavy atom. The van der Waals surface area contributed by atoms with Gasteiger partial charge in [-0.25, -0.2) is 14.4 Å². The molecule has 104 valence electrons. The lowest BCUT2D eigenvalue weighted by atomic mass is 10.1. The molecule has 1 aliphatic heterocycles. The van der Waals surface area contributed by atoms with Crippen molar-refractivity contribution in [2.75, 3.05) is 6.61 Å². The number of rotatable bonds is 5. The minimum absolute atomic E-state index is 0.0449. The van der Waals surface area contributed by atoms with Crippen LogP contribution < -0.4 is 0 Å². The molecule has 1 atom stereocenters. The third-order valence-electron chi connectivity index (χ3n) is 2.73. The van der Waals surface area contributed by atoms with Crippen LogP contribution in [0.3, 0.4) is 0 Å². The molecule has 0 aliphatic carbocycles. The molecule has 1 fully saturated rings. The van der Waals surface area contributed by atoms with Gasteiger partial charge in [-0.1, -0.05) is 18.7 Å². The molecule has 20 heavy (non-hydrogen) atoms. The number of carboxylic acids is 1. The Morgan fingerprint density at radius 3 is 2.45 bits per heavy atom. The first kappa shape index (κ1) is 14.0. The zero-order chi connectivity index (χ0) is 14.7. The number of esters is 2. The highest BCUT2D eigenvalue weighted by molar-refractivity contribution is 6.07. The van der Waals surface area contributed by atoms with Crippen LogP contribution in [0, 0.1) is 0 Å². The van der Waals surface area contributed by atoms with Gasteiger partial charge in [-0.15, -0.1) is 0 Å². The standard InChI is InChI=1S/C14H12O6/c1-8(6-9-7-19-9)13(17)20-14(18)11-5-3-2-4-10(11)12(15)16/h2-5,9H,1,6-7H2,(H,15,16). The van der Waals surface area contributed by atoms with Crippen molar-refractivity contribution in [3.05, 3.63) is 47.5 Å². The number of benzene rings is 1. The second-order valence-electron chi connectivity index (χ2n) is 4.29. The van der Waals surface area contributed by atoms with Crippen LogP contribution in [0.2, 0.25) is 0 Å². The SMILES string of the molecule is C=C(CC1CO1)C(=O)OC(=O)c1ccccc1C(=O)O. The first-order valence-corrected chi connectivity index (χ1v) is 5.87. The number of hydrogen-bond donors (Lipinski definition) is 1. The molecule has 6 nitrogen and oxygen atoms in total. The largest absolute Gasteiger partial charge is 0.478 e. The summed E-state index contributed by atoms with van der Waals surface area (Å²) in [6, 6.07) is 5.51. The van der Waals surface area contributed by atoms with Gasteiger partial charge in [0.2, 0.25) is 0 Å². The van der Waals surface area contributed by atoms with Gasteiger partial charge >= 0.3 is 17.9 Å². The summed E-state index contributed by atoms with van der Waals surface area (Å²) < 4.78 is 9.56. The van der Waals surface area contributed by atoms with Crippen LogP contribution in [-0.2, 0) is 14.3 Å². The van der Waals surface area contributed by atoms with Gasteiger partial charge in [0.25, 0.3) is 0 Å². The van der Waals surface area contributed by atoms with Crippen LogP contribution >= 0.6 is 0 Å². The number of aromatic carboxylic acids is 1. The summed E-state index contributed by atoms with van der Waals surface area (Å²) in [7, 11) is 0. The van der Waals surface area contributed by atoms with Gasteiger partial charge in [0.1, 0.15) is 0 Å². The maximum Gasteiger partial charge on any atom is 0.346 e. The van der Waals surface area contributed by atoms with E-state index in [-0.39, 0.29) is 22.8 Å². The molecule has 0 saturated carbocycles. The molecule has 0 spiro atoms. The summed E-state index contributed by atoms with van der Waals surface area (Å²) in [6.07, 6.45) is 0.253. The Hall–Kier alpha value is -2.47. The highest BCUT2D eigenvalue weighted by atomic mass is 16.6. The van der Waals surface area contributed by atoms with E-state index in [9.17, 15) is 14.4 Å². The average Bonchev–Trinajstić information content (AvgIpc) is 3.22. The Bertz CT molecular complexity index is 585. The summed E-state index contributed by atoms with van der Waals surface area (Å²) in [5.41, 5.74) is -0.279. The topological polar surface area (TPSA) is 93.2 Å². The summed E-state index contributed by atoms with van der Waals surface area (Å²) in [4.78, 5) is 34.4. The molecule has 2 rings (SSSR count). The maximum atomic E-state index is 11.8. The average molecular weight is 276 g/mol. The molecule has 1 aliphatic rings. The quantitative estimate of drug-likeness (QED) is 0.378. The molecule has 0 radical (unpaired) electrons. The van der Waals surface area contributed by atoms with E-state index in [1.807, 2.05) is 0 Å². The van der Waals surface area contributed by atoms with Crippen LogP contribution in [0.25, 0.3) is 0 Å². The third-order valence-corrected chi connectivity index (χ3v) is 2.73. The lowest BCUT2D eigenvalue weighted by Crippen LogP contribution is -2.17. The Labute approximate surface area is 114 Å². The first-order valence-electron chi connectivity index (χ1n) is 5.87. The predicted molar refractivity (Wildman–Crippen MR) is 67.3 cm³/mol. The van der Waals surface area contributed by atoms with Gasteiger partial charge < -0.3 is 14.6 Å². The minimum atomic E-state index is -1.27. The molecule has 6 heteroatoms. The molecule has 1 aromatic carbocycles. The van der Waals surface area contributed by atoms with E-state index in [2.05, 4.69) is 11.3 Å². The van der Waals surface area contributed by atoms with E-state index in [1.54, 1.807) is 0 Å². The van der Waals surface area contributed by atoms with Crippen LogP contribution in [0.5, 0.6) is 0 Å². The number of carbonyl (C=O) groups excluding carboxylic acids is 2. The molecule has 1 heterocycles. The van der Waals surface area contributed by atoms with Crippen molar-refractivity contribution >= 4 is 17.9 Å². The molecular weight excluding hydrogens is 264 g/mol. The van der Waals surface area contributed by atoms with E-state index in [0.29, 0.717) is 13.0 Å². The summed E-state index contributed by atoms with van der Waals surface area (Å²) in [6.45, 7) is 4.07. The van der Waals surface area contributed by atoms with Crippen molar-refractivity contribution in [3.63, 3.8) is 0 Å². The normalized spacial score (nSPS) is 16.3. The fraction of sp³-hybridized carbons (Fsp3) is 0.214. The fourth-order valence-corrected chi connectivity index (χ4v) is 1.60. The highest BCUT2D eigenvalue weighted by Gasteiger charge is 2.27. The van der Waals surface area contributed by atoms with Crippen molar-refractivity contribution in [3.8, 4) is 0 Å². The summed E-state index contributed by atoms with van der Waals surface area (Å²) in [5, 5.41) is 8.96. The number of carboxylic acid groups (broad SMARTS) is 1. The van der Waals surface area contributed by atoms with E-state index < -0.39 is 17.9 Å². The Kier molecular flexibility index (Phi) is 3.95. The maximum absolute atomic E-state index is 11.8. The number of epoxide rings is 1. The molecule has 1 N–H and O–H groups in total. The number of hydrogen-bond acceptors (Lipinski definition) is 5. The van der Waals surface area contributed by atoms with E-state index in [1.165, 1.54) is 24.3 Å². The molecular formula is C14H12O6. The van der Waals surface area contributed by atoms with E-state index in [0.717, 1.165) is 0 Å². The number of carbonyl (C=O) groups is 3. The van der Waals surface area contributed by atoms with Gasteiger partial charge in [-0.05, 0) is 12.1 Å². The Morgan fingerprint density at radius 1 is 1.30 bits per heavy atom. The summed E-state index contributed by atoms with van der Waals surface area (Å²) in [5.74, 6) is -3.15. The van der Waals surface area contributed by atoms with E-state index in [4.69, 9.17) is 9.84 Å². The second-order valence-corrected chi connectivity index (χ2v) is 4.29. The molecule has 1 saturated heterocycles. The summed E-state index contributed by atoms with van der Waals surface area (Å²) >= 11 is 0. The fourth-order valence-electron chi connectivity index (χ4n) is 1.60. The zero-order valence-corrected chi connectivity index (χ0v) is 10.5. The van der Waals surface area contributed by atoms with Gasteiger partial charge in [0.15, 0.2) is 0 Å². The molecule has 0 aromatic heterocycles. The predicted octanol–water partition coefficient (Wildman–Crippen LogP) is 1.41. The molecule has 1 unspecified atom stereocenters. The van der Waals surface area contributed by atoms with Gasteiger partial charge in [0.05, 0.1) is 23.8 Å². The van der Waals surface area contributed by atoms with Crippen LogP contribution in [-0.4, -0.2) is 35.7 Å².